The highest BCUT2D eigenvalue weighted by Gasteiger charge is 2.36. The third-order valence-corrected chi connectivity index (χ3v) is 29.5. The van der Waals surface area contributed by atoms with Gasteiger partial charge in [0.2, 0.25) is 0 Å². The molecule has 14 heterocycles. The van der Waals surface area contributed by atoms with Crippen LogP contribution in [-0.2, 0) is 57.5 Å². The smallest absolute Gasteiger partial charge is 0.141 e. The van der Waals surface area contributed by atoms with Crippen LogP contribution in [0.5, 0.6) is 0 Å². The molecule has 6 aromatic rings. The third-order valence-electron chi connectivity index (χ3n) is 29.5. The van der Waals surface area contributed by atoms with Crippen LogP contribution >= 0.6 is 0 Å². The quantitative estimate of drug-likeness (QED) is 0.156. The highest BCUT2D eigenvalue weighted by molar-refractivity contribution is 5.75. The van der Waals surface area contributed by atoms with Crippen molar-refractivity contribution in [2.75, 3.05) is 145 Å². The van der Waals surface area contributed by atoms with Crippen molar-refractivity contribution in [2.45, 2.75) is 425 Å². The lowest BCUT2D eigenvalue weighted by atomic mass is 9.75. The Bertz CT molecular complexity index is 3920. The van der Waals surface area contributed by atoms with Gasteiger partial charge in [0.05, 0.1) is 24.1 Å². The van der Waals surface area contributed by atoms with E-state index in [-0.39, 0.29) is 11.0 Å². The lowest BCUT2D eigenvalue weighted by molar-refractivity contribution is 0.00573. The van der Waals surface area contributed by atoms with Crippen molar-refractivity contribution in [3.05, 3.63) is 137 Å². The van der Waals surface area contributed by atoms with E-state index in [0.29, 0.717) is 49.7 Å². The van der Waals surface area contributed by atoms with Crippen LogP contribution in [-0.4, -0.2) is 289 Å². The van der Waals surface area contributed by atoms with E-state index >= 15 is 0 Å². The van der Waals surface area contributed by atoms with Gasteiger partial charge in [-0.15, -0.1) is 0 Å². The summed E-state index contributed by atoms with van der Waals surface area (Å²) in [5.74, 6) is 3.08. The molecule has 1 atom stereocenters. The number of nitrogens with zero attached hydrogens (tertiary/aromatic N) is 17. The number of hydrogen-bond acceptors (Lipinski definition) is 15. The molecular weight excluding hydrogens is 1620 g/mol. The Morgan fingerprint density at radius 3 is 1.12 bits per heavy atom. The largest absolute Gasteiger partial charge is 0.349 e. The lowest BCUT2D eigenvalue weighted by Gasteiger charge is -2.48. The van der Waals surface area contributed by atoms with Crippen LogP contribution in [0.15, 0.2) is 97.5 Å². The average molecular weight is 1830 g/mol. The van der Waals surface area contributed by atoms with Crippen molar-refractivity contribution in [2.24, 2.45) is 11.3 Å². The second-order valence-electron chi connectivity index (χ2n) is 51.4. The second kappa shape index (κ2) is 50.8. The minimum Gasteiger partial charge on any atom is -0.349 e. The maximum atomic E-state index is 4.53. The van der Waals surface area contributed by atoms with Gasteiger partial charge in [0.25, 0.3) is 0 Å². The number of benzene rings is 3. The highest BCUT2D eigenvalue weighted by Crippen LogP contribution is 2.35. The molecule has 18 heteroatoms. The van der Waals surface area contributed by atoms with E-state index in [1.54, 1.807) is 6.33 Å². The number of piperazine rings is 2. The first kappa shape index (κ1) is 114. The Hall–Kier alpha value is -4.93. The summed E-state index contributed by atoms with van der Waals surface area (Å²) in [6.07, 6.45) is 24.6. The monoisotopic (exact) mass is 1830 g/mol. The van der Waals surface area contributed by atoms with Gasteiger partial charge in [-0.05, 0) is 395 Å². The predicted octanol–water partition coefficient (Wildman–Crippen LogP) is 23.3. The average Bonchev–Trinajstić information content (AvgIpc) is 1.12. The van der Waals surface area contributed by atoms with Crippen LogP contribution in [0, 0.1) is 11.3 Å². The molecule has 1 unspecified atom stereocenters. The zero-order chi connectivity index (χ0) is 98.1. The number of likely N-dealkylation sites (N-methyl/N-ethyl adjacent to an activating group) is 1. The molecule has 0 bridgehead atoms. The molecule has 7 saturated heterocycles. The molecule has 7 fully saturated rings. The number of fused-ring (bicyclic) bond motifs is 6. The highest BCUT2D eigenvalue weighted by atomic mass is 15.4. The van der Waals surface area contributed by atoms with E-state index in [9.17, 15) is 0 Å². The molecule has 132 heavy (non-hydrogen) atoms. The van der Waals surface area contributed by atoms with Gasteiger partial charge in [-0.1, -0.05) is 121 Å². The number of hydrogen-bond donors (Lipinski definition) is 1. The number of rotatable bonds is 0. The van der Waals surface area contributed by atoms with Gasteiger partial charge in [-0.3, -0.25) is 49.0 Å². The van der Waals surface area contributed by atoms with Crippen LogP contribution < -0.4 is 0 Å². The summed E-state index contributed by atoms with van der Waals surface area (Å²) in [5.41, 5.74) is 13.4. The first-order valence-electron chi connectivity index (χ1n) is 52.7. The SMILES string of the molecule is CC(C)(C)N1CCCC1.CC(C)(C)N1CCCCC1.CC(C)(C)N1CCCCC1.CC(C)(C)N1CCN2CCCCC2C1.CC(C)(C)N1CCc2ccccc2C1.CC(C)(C)N1CCc2ccccc2C1.CC(C)(C)N1CCn2cccc2C1.CC(C)(C)N1CCn2ncnc2C1.CC(C)(C)c1nc2ccccc2[nH]1.CN1CCC(C(C)(C)C)CC1.CN1CCN(C(C)(C)C)CC1. The predicted molar refractivity (Wildman–Crippen MR) is 570 cm³/mol. The zero-order valence-electron chi connectivity index (χ0n) is 92.5. The number of aromatic amines is 1. The fraction of sp³-hybridized carbons (Fsp3) is 0.781. The molecule has 11 aliphatic rings. The molecule has 3 aromatic carbocycles. The fourth-order valence-electron chi connectivity index (χ4n) is 19.6. The van der Waals surface area contributed by atoms with Crippen molar-refractivity contribution in [1.82, 2.24) is 88.1 Å². The number of para-hydroxylation sites is 2. The summed E-state index contributed by atoms with van der Waals surface area (Å²) in [5, 5.41) is 4.15. The van der Waals surface area contributed by atoms with E-state index < -0.39 is 0 Å². The van der Waals surface area contributed by atoms with Crippen LogP contribution in [0.1, 0.15) is 352 Å². The van der Waals surface area contributed by atoms with E-state index in [2.05, 4.69) is 399 Å². The molecule has 0 saturated carbocycles. The number of piperidine rings is 4. The Morgan fingerprint density at radius 1 is 0.311 bits per heavy atom. The topological polar surface area (TPSA) is 103 Å². The summed E-state index contributed by atoms with van der Waals surface area (Å²) in [7, 11) is 4.42. The van der Waals surface area contributed by atoms with Crippen LogP contribution in [0.3, 0.4) is 0 Å². The van der Waals surface area contributed by atoms with Crippen molar-refractivity contribution in [1.29, 1.82) is 0 Å². The molecule has 0 aliphatic carbocycles. The molecular formula is C114H206N18. The van der Waals surface area contributed by atoms with E-state index in [1.807, 2.05) is 22.9 Å². The van der Waals surface area contributed by atoms with Gasteiger partial charge < -0.3 is 19.4 Å². The van der Waals surface area contributed by atoms with Crippen LogP contribution in [0.25, 0.3) is 11.0 Å². The van der Waals surface area contributed by atoms with Gasteiger partial charge >= 0.3 is 0 Å². The first-order valence-corrected chi connectivity index (χ1v) is 52.7. The summed E-state index contributed by atoms with van der Waals surface area (Å²) in [6.45, 7) is 107. The number of H-pyrrole nitrogens is 1. The standard InChI is InChI=1S/2C13H19N.C12H24N2.C11H18N2.C11H14N2.C10H21N.C9H16N4.C9H20N2.2C9H19N.C8H17N/c2*1-13(2,3)14-9-8-11-6-4-5-7-12(11)10-14;1-12(2,3)14-9-8-13-7-5-4-6-11(13)10-14;1-11(2,3)13-8-7-12-6-4-5-10(12)9-13;1-11(2,3)10-12-8-6-4-5-7-9(8)13-10;1-10(2,3)9-5-7-11(4)8-6-9;1-9(2,3)12-4-5-13-8(6-12)10-7-11-13;1-9(2,3)11-7-5-10(4)6-8-11;2*1-9(2,3)10-7-5-4-6-8-10;1-8(2,3)9-6-4-5-7-9/h2*4-7H,8-10H2,1-3H3;11H,4-10H2,1-3H3;4-6H,7-9H2,1-3H3;4-7H,1-3H3,(H,12,13);9H,5-8H2,1-4H3;7H,4-6H2,1-3H3;5-8H2,1-4H3;2*4-8H2,1-3H3;4-7H2,1-3H3. The Labute approximate surface area is 813 Å². The van der Waals surface area contributed by atoms with Gasteiger partial charge in [-0.2, -0.15) is 5.10 Å². The fourth-order valence-corrected chi connectivity index (χ4v) is 19.6. The molecule has 18 nitrogen and oxygen atoms in total. The molecule has 17 rings (SSSR count). The minimum atomic E-state index is 0.0962. The normalized spacial score (nSPS) is 21.1. The minimum absolute atomic E-state index is 0.0962. The molecule has 11 aliphatic heterocycles. The summed E-state index contributed by atoms with van der Waals surface area (Å²) in [6, 6.07) is 30.9. The second-order valence-corrected chi connectivity index (χ2v) is 51.4. The number of nitrogens with one attached hydrogen (secondary N) is 1. The van der Waals surface area contributed by atoms with Gasteiger partial charge in [0.1, 0.15) is 18.0 Å². The number of likely N-dealkylation sites (tertiary alicyclic amines) is 4. The lowest BCUT2D eigenvalue weighted by Crippen LogP contribution is -2.59. The van der Waals surface area contributed by atoms with Gasteiger partial charge in [0.15, 0.2) is 0 Å². The van der Waals surface area contributed by atoms with Crippen LogP contribution in [0.4, 0.5) is 0 Å². The zero-order valence-corrected chi connectivity index (χ0v) is 92.5. The maximum absolute atomic E-state index is 4.53. The molecule has 0 spiro atoms. The van der Waals surface area contributed by atoms with Crippen molar-refractivity contribution in [3.8, 4) is 0 Å². The summed E-state index contributed by atoms with van der Waals surface area (Å²) >= 11 is 0. The molecule has 3 aromatic heterocycles. The van der Waals surface area contributed by atoms with Gasteiger partial charge in [-0.25, -0.2) is 14.6 Å². The van der Waals surface area contributed by atoms with Crippen molar-refractivity contribution in [3.63, 3.8) is 0 Å². The summed E-state index contributed by atoms with van der Waals surface area (Å²) in [4.78, 5) is 42.6. The van der Waals surface area contributed by atoms with Crippen molar-refractivity contribution < 1.29 is 0 Å². The number of aromatic nitrogens is 6. The molecule has 0 amide bonds. The van der Waals surface area contributed by atoms with Crippen molar-refractivity contribution >= 4 is 11.0 Å². The maximum Gasteiger partial charge on any atom is 0.141 e. The third kappa shape index (κ3) is 39.4. The van der Waals surface area contributed by atoms with Gasteiger partial charge in [0, 0.05) is 171 Å². The Balaban J connectivity index is 0.000000199. The Kier molecular flexibility index (Phi) is 43.9. The molecule has 0 radical (unpaired) electrons. The molecule has 1 N–H and O–H groups in total. The Morgan fingerprint density at radius 2 is 0.689 bits per heavy atom. The first-order chi connectivity index (χ1) is 61.2. The van der Waals surface area contributed by atoms with Crippen LogP contribution in [0.2, 0.25) is 0 Å². The molecule has 752 valence electrons. The van der Waals surface area contributed by atoms with E-state index in [4.69, 9.17) is 0 Å². The van der Waals surface area contributed by atoms with E-state index in [1.165, 1.54) is 249 Å². The van der Waals surface area contributed by atoms with E-state index in [0.717, 1.165) is 80.5 Å². The summed E-state index contributed by atoms with van der Waals surface area (Å²) < 4.78 is 4.34. The number of imidazole rings is 1.